The summed E-state index contributed by atoms with van der Waals surface area (Å²) in [5.74, 6) is 0. The third kappa shape index (κ3) is 4.57. The Morgan fingerprint density at radius 1 is 1.23 bits per heavy atom. The predicted octanol–water partition coefficient (Wildman–Crippen LogP) is 2.87. The molecule has 1 atom stereocenters. The molecule has 0 saturated carbocycles. The summed E-state index contributed by atoms with van der Waals surface area (Å²) < 4.78 is -2.21. The molecule has 78 valence electrons. The highest BCUT2D eigenvalue weighted by Gasteiger charge is 2.43. The van der Waals surface area contributed by atoms with E-state index < -0.39 is 7.53 Å². The molecule has 0 amide bonds. The third-order valence-electron chi connectivity index (χ3n) is 1.65. The number of hydrogen-bond donors (Lipinski definition) is 1. The quantitative estimate of drug-likeness (QED) is 0.361. The van der Waals surface area contributed by atoms with E-state index >= 15 is 0 Å². The molecular formula is C6H12AlCl4NS. The van der Waals surface area contributed by atoms with Crippen molar-refractivity contribution >= 4 is 76.1 Å². The lowest BCUT2D eigenvalue weighted by Gasteiger charge is -2.42. The van der Waals surface area contributed by atoms with Crippen LogP contribution in [0, 0.1) is 0 Å². The molecule has 0 heterocycles. The fourth-order valence-electron chi connectivity index (χ4n) is 0.874. The van der Waals surface area contributed by atoms with E-state index in [2.05, 4.69) is 28.9 Å². The minimum absolute atomic E-state index is 0. The van der Waals surface area contributed by atoms with Crippen molar-refractivity contribution in [1.82, 2.24) is 4.90 Å². The first-order valence-electron chi connectivity index (χ1n) is 3.60. The van der Waals surface area contributed by atoms with Crippen LogP contribution in [0.5, 0.6) is 0 Å². The number of hydrogen-bond acceptors (Lipinski definition) is 2. The first-order valence-corrected chi connectivity index (χ1v) is 5.76. The Morgan fingerprint density at radius 3 is 1.62 bits per heavy atom. The normalized spacial score (nSPS) is 16.5. The monoisotopic (exact) mass is 297 g/mol. The Morgan fingerprint density at radius 2 is 1.54 bits per heavy atom. The fraction of sp³-hybridized carbons (Fsp3) is 1.00. The van der Waals surface area contributed by atoms with Crippen LogP contribution in [-0.2, 0) is 0 Å². The van der Waals surface area contributed by atoms with Crippen molar-refractivity contribution in [3.63, 3.8) is 0 Å². The molecule has 1 unspecified atom stereocenters. The standard InChI is InChI=1S/C6H11Cl3NS.Al.ClH/c1-3-10(4-2)5(7)6(8,9)11;;/h11H,3-4H2,1-2H3;;1H. The second-order valence-corrected chi connectivity index (χ2v) is 6.69. The molecule has 0 N–H and O–H groups in total. The number of halogens is 4. The van der Waals surface area contributed by atoms with Crippen LogP contribution in [0.3, 0.4) is 0 Å². The predicted molar refractivity (Wildman–Crippen MR) is 67.9 cm³/mol. The number of alkyl halides is 3. The molecule has 0 fully saturated rings. The van der Waals surface area contributed by atoms with Gasteiger partial charge in [-0.05, 0) is 13.1 Å². The van der Waals surface area contributed by atoms with Gasteiger partial charge in [0.1, 0.15) is 0 Å². The van der Waals surface area contributed by atoms with Gasteiger partial charge >= 0.3 is 0 Å². The van der Waals surface area contributed by atoms with Crippen LogP contribution in [0.2, 0.25) is 0 Å². The fourth-order valence-corrected chi connectivity index (χ4v) is 1.86. The molecule has 0 spiro atoms. The third-order valence-corrected chi connectivity index (χ3v) is 4.82. The maximum Gasteiger partial charge on any atom is 0.189 e. The van der Waals surface area contributed by atoms with Crippen molar-refractivity contribution in [2.24, 2.45) is 0 Å². The molecule has 0 rings (SSSR count). The molecule has 0 saturated heterocycles. The van der Waals surface area contributed by atoms with E-state index in [1.807, 2.05) is 18.7 Å². The molecule has 0 aliphatic heterocycles. The molecule has 0 aromatic rings. The first kappa shape index (κ1) is 17.4. The van der Waals surface area contributed by atoms with Crippen LogP contribution < -0.4 is 0 Å². The Balaban J connectivity index is 0. The van der Waals surface area contributed by atoms with Gasteiger partial charge in [-0.1, -0.05) is 37.0 Å². The van der Waals surface area contributed by atoms with Gasteiger partial charge in [-0.15, -0.1) is 36.6 Å². The van der Waals surface area contributed by atoms with Gasteiger partial charge in [0.2, 0.25) is 0 Å². The topological polar surface area (TPSA) is 3.24 Å². The average molecular weight is 299 g/mol. The highest BCUT2D eigenvalue weighted by atomic mass is 35.5. The Labute approximate surface area is 115 Å². The van der Waals surface area contributed by atoms with Gasteiger partial charge in [-0.3, -0.25) is 4.90 Å². The van der Waals surface area contributed by atoms with E-state index in [1.54, 1.807) is 0 Å². The van der Waals surface area contributed by atoms with Crippen LogP contribution in [0.1, 0.15) is 13.8 Å². The van der Waals surface area contributed by atoms with Crippen molar-refractivity contribution in [2.45, 2.75) is 21.4 Å². The van der Waals surface area contributed by atoms with Gasteiger partial charge in [0.25, 0.3) is 0 Å². The highest BCUT2D eigenvalue weighted by molar-refractivity contribution is 7.85. The molecule has 1 nitrogen and oxygen atoms in total. The van der Waals surface area contributed by atoms with Crippen LogP contribution in [0.25, 0.3) is 0 Å². The molecule has 0 aliphatic carbocycles. The summed E-state index contributed by atoms with van der Waals surface area (Å²) in [6.07, 6.45) is 0. The number of thiol groups is 1. The summed E-state index contributed by atoms with van der Waals surface area (Å²) >= 11 is 24.2. The zero-order valence-corrected chi connectivity index (χ0v) is 12.6. The summed E-state index contributed by atoms with van der Waals surface area (Å²) in [6, 6.07) is 0. The van der Waals surface area contributed by atoms with Crippen molar-refractivity contribution in [3.8, 4) is 0 Å². The van der Waals surface area contributed by atoms with Crippen LogP contribution >= 0.6 is 59.8 Å². The van der Waals surface area contributed by atoms with E-state index in [1.165, 1.54) is 0 Å². The molecule has 2 radical (unpaired) electrons. The van der Waals surface area contributed by atoms with E-state index in [-0.39, 0.29) is 12.4 Å². The molecular weight excluding hydrogens is 287 g/mol. The zero-order valence-electron chi connectivity index (χ0n) is 7.43. The second kappa shape index (κ2) is 6.56. The maximum atomic E-state index is 6.13. The maximum absolute atomic E-state index is 6.13. The van der Waals surface area contributed by atoms with Gasteiger partial charge in [0.05, 0.1) is 3.86 Å². The van der Waals surface area contributed by atoms with Crippen molar-refractivity contribution in [3.05, 3.63) is 0 Å². The van der Waals surface area contributed by atoms with Crippen molar-refractivity contribution in [2.75, 3.05) is 13.1 Å². The largest absolute Gasteiger partial charge is 0.297 e. The van der Waals surface area contributed by atoms with E-state index in [9.17, 15) is 0 Å². The number of rotatable bonds is 4. The van der Waals surface area contributed by atoms with E-state index in [4.69, 9.17) is 34.8 Å². The summed E-state index contributed by atoms with van der Waals surface area (Å²) in [6.45, 7) is 5.51. The van der Waals surface area contributed by atoms with Crippen LogP contribution in [0.15, 0.2) is 0 Å². The van der Waals surface area contributed by atoms with Gasteiger partial charge < -0.3 is 0 Å². The highest BCUT2D eigenvalue weighted by Crippen LogP contribution is 2.42. The second-order valence-electron chi connectivity index (χ2n) is 2.39. The summed E-state index contributed by atoms with van der Waals surface area (Å²) in [5.41, 5.74) is 0. The molecule has 0 aliphatic rings. The van der Waals surface area contributed by atoms with Gasteiger partial charge in [0, 0.05) is 0 Å². The van der Waals surface area contributed by atoms with E-state index in [0.29, 0.717) is 0 Å². The zero-order chi connectivity index (χ0) is 9.99. The van der Waals surface area contributed by atoms with Crippen LogP contribution in [0.4, 0.5) is 0 Å². The Hall–Kier alpha value is 2.00. The SMILES string of the molecule is CCN(CC)[C]([Al])(Cl)C(S)(Cl)Cl.Cl. The minimum Gasteiger partial charge on any atom is -0.297 e. The lowest BCUT2D eigenvalue weighted by Crippen LogP contribution is -2.53. The van der Waals surface area contributed by atoms with Gasteiger partial charge in [-0.2, -0.15) is 0 Å². The summed E-state index contributed by atoms with van der Waals surface area (Å²) in [4.78, 5) is 1.91. The van der Waals surface area contributed by atoms with E-state index in [0.717, 1.165) is 13.1 Å². The number of nitrogens with zero attached hydrogens (tertiary/aromatic N) is 1. The Kier molecular flexibility index (Phi) is 8.77. The Bertz CT molecular complexity index is 146. The van der Waals surface area contributed by atoms with Gasteiger partial charge in [0.15, 0.2) is 20.0 Å². The lowest BCUT2D eigenvalue weighted by molar-refractivity contribution is 0.251. The molecule has 13 heavy (non-hydrogen) atoms. The molecule has 7 heteroatoms. The molecule has 0 aromatic carbocycles. The van der Waals surface area contributed by atoms with Crippen molar-refractivity contribution < 1.29 is 0 Å². The van der Waals surface area contributed by atoms with Gasteiger partial charge in [-0.25, -0.2) is 0 Å². The summed E-state index contributed by atoms with van der Waals surface area (Å²) in [7, 11) is 0. The minimum atomic E-state index is -1.29. The summed E-state index contributed by atoms with van der Waals surface area (Å²) in [5, 5.41) is 0. The van der Waals surface area contributed by atoms with Crippen molar-refractivity contribution in [1.29, 1.82) is 0 Å². The lowest BCUT2D eigenvalue weighted by atomic mass is 10.5. The van der Waals surface area contributed by atoms with Crippen LogP contribution in [-0.4, -0.2) is 41.8 Å². The molecule has 0 aromatic heterocycles. The molecule has 0 bridgehead atoms. The first-order chi connectivity index (χ1) is 5.27. The average Bonchev–Trinajstić information content (AvgIpc) is 1.87. The smallest absolute Gasteiger partial charge is 0.189 e.